The Bertz CT molecular complexity index is 286. The van der Waals surface area contributed by atoms with Crippen LogP contribution in [0.25, 0.3) is 0 Å². The van der Waals surface area contributed by atoms with Gasteiger partial charge in [0.05, 0.1) is 38.6 Å². The highest BCUT2D eigenvalue weighted by atomic mass is 32.2. The monoisotopic (exact) mass is 380 g/mol. The lowest BCUT2D eigenvalue weighted by molar-refractivity contribution is 0.0405. The first-order chi connectivity index (χ1) is 11.8. The van der Waals surface area contributed by atoms with Crippen LogP contribution in [-0.2, 0) is 9.47 Å². The number of ether oxygens (including phenoxy) is 2. The van der Waals surface area contributed by atoms with Gasteiger partial charge in [0.25, 0.3) is 0 Å². The summed E-state index contributed by atoms with van der Waals surface area (Å²) in [7, 11) is 0. The van der Waals surface area contributed by atoms with E-state index >= 15 is 0 Å². The van der Waals surface area contributed by atoms with E-state index in [0.29, 0.717) is 11.5 Å². The lowest BCUT2D eigenvalue weighted by Crippen LogP contribution is -2.38. The quantitative estimate of drug-likeness (QED) is 0.480. The first-order valence-electron chi connectivity index (χ1n) is 8.87. The maximum atomic E-state index is 10.1. The van der Waals surface area contributed by atoms with Crippen molar-refractivity contribution >= 4 is 23.5 Å². The van der Waals surface area contributed by atoms with Crippen molar-refractivity contribution in [2.45, 2.75) is 12.2 Å². The average molecular weight is 381 g/mol. The van der Waals surface area contributed by atoms with Crippen molar-refractivity contribution < 1.29 is 19.7 Å². The lowest BCUT2D eigenvalue weighted by Gasteiger charge is -2.27. The molecule has 2 rings (SSSR count). The molecule has 0 spiro atoms. The van der Waals surface area contributed by atoms with Crippen molar-refractivity contribution in [1.82, 2.24) is 9.80 Å². The highest BCUT2D eigenvalue weighted by Crippen LogP contribution is 2.12. The Hall–Kier alpha value is 0.460. The highest BCUT2D eigenvalue weighted by Gasteiger charge is 2.17. The zero-order valence-electron chi connectivity index (χ0n) is 14.5. The van der Waals surface area contributed by atoms with E-state index in [4.69, 9.17) is 9.47 Å². The smallest absolute Gasteiger partial charge is 0.0897 e. The molecule has 2 aliphatic heterocycles. The van der Waals surface area contributed by atoms with Crippen LogP contribution in [0.1, 0.15) is 0 Å². The minimum atomic E-state index is -0.629. The van der Waals surface area contributed by atoms with Crippen LogP contribution in [-0.4, -0.2) is 121 Å². The summed E-state index contributed by atoms with van der Waals surface area (Å²) in [5.41, 5.74) is 0. The Balaban J connectivity index is 1.43. The number of hydrogen-bond donors (Lipinski definition) is 2. The number of aliphatic hydroxyl groups excluding tert-OH is 2. The molecule has 2 N–H and O–H groups in total. The third-order valence-corrected chi connectivity index (χ3v) is 6.43. The highest BCUT2D eigenvalue weighted by molar-refractivity contribution is 7.99. The van der Waals surface area contributed by atoms with Gasteiger partial charge in [0, 0.05) is 62.3 Å². The fourth-order valence-corrected chi connectivity index (χ4v) is 4.70. The number of morpholine rings is 2. The molecule has 0 unspecified atom stereocenters. The van der Waals surface area contributed by atoms with Gasteiger partial charge >= 0.3 is 0 Å². The number of nitrogens with zero attached hydrogens (tertiary/aromatic N) is 2. The first-order valence-corrected chi connectivity index (χ1v) is 11.2. The average Bonchev–Trinajstić information content (AvgIpc) is 2.63. The minimum absolute atomic E-state index is 0.607. The van der Waals surface area contributed by atoms with Crippen LogP contribution in [0.15, 0.2) is 0 Å². The molecule has 2 aliphatic rings. The van der Waals surface area contributed by atoms with Gasteiger partial charge in [-0.25, -0.2) is 0 Å². The second-order valence-corrected chi connectivity index (χ2v) is 8.49. The molecule has 0 radical (unpaired) electrons. The Labute approximate surface area is 154 Å². The number of hydrogen-bond acceptors (Lipinski definition) is 8. The van der Waals surface area contributed by atoms with E-state index in [2.05, 4.69) is 9.80 Å². The predicted octanol–water partition coefficient (Wildman–Crippen LogP) is -0.161. The van der Waals surface area contributed by atoms with Gasteiger partial charge in [-0.1, -0.05) is 0 Å². The fourth-order valence-electron chi connectivity index (χ4n) is 2.67. The summed E-state index contributed by atoms with van der Waals surface area (Å²) in [5.74, 6) is 3.20. The normalized spacial score (nSPS) is 23.2. The van der Waals surface area contributed by atoms with Crippen LogP contribution < -0.4 is 0 Å². The van der Waals surface area contributed by atoms with E-state index in [-0.39, 0.29) is 0 Å². The molecule has 2 atom stereocenters. The summed E-state index contributed by atoms with van der Waals surface area (Å²) < 4.78 is 10.7. The van der Waals surface area contributed by atoms with E-state index < -0.39 is 12.2 Å². The van der Waals surface area contributed by atoms with E-state index in [1.165, 1.54) is 0 Å². The van der Waals surface area contributed by atoms with Gasteiger partial charge in [0.1, 0.15) is 0 Å². The van der Waals surface area contributed by atoms with Crippen molar-refractivity contribution in [3.8, 4) is 0 Å². The van der Waals surface area contributed by atoms with Gasteiger partial charge in [-0.3, -0.25) is 9.80 Å². The minimum Gasteiger partial charge on any atom is -0.390 e. The maximum absolute atomic E-state index is 10.1. The van der Waals surface area contributed by atoms with Gasteiger partial charge < -0.3 is 19.7 Å². The Kier molecular flexibility index (Phi) is 11.0. The molecule has 8 heteroatoms. The second kappa shape index (κ2) is 12.8. The van der Waals surface area contributed by atoms with Gasteiger partial charge in [-0.15, -0.1) is 0 Å². The van der Waals surface area contributed by atoms with Crippen LogP contribution in [0, 0.1) is 0 Å². The molecule has 0 aliphatic carbocycles. The Morgan fingerprint density at radius 3 is 1.46 bits per heavy atom. The van der Waals surface area contributed by atoms with E-state index in [9.17, 15) is 10.2 Å². The van der Waals surface area contributed by atoms with E-state index in [0.717, 1.165) is 77.2 Å². The third-order valence-electron chi connectivity index (χ3n) is 4.33. The molecule has 0 aromatic heterocycles. The van der Waals surface area contributed by atoms with Crippen molar-refractivity contribution in [2.75, 3.05) is 88.7 Å². The Morgan fingerprint density at radius 2 is 1.08 bits per heavy atom. The zero-order valence-corrected chi connectivity index (χ0v) is 16.1. The van der Waals surface area contributed by atoms with Crippen LogP contribution in [0.5, 0.6) is 0 Å². The number of aliphatic hydroxyl groups is 2. The van der Waals surface area contributed by atoms with Gasteiger partial charge in [0.15, 0.2) is 0 Å². The molecule has 0 amide bonds. The third kappa shape index (κ3) is 8.71. The van der Waals surface area contributed by atoms with Crippen LogP contribution >= 0.6 is 23.5 Å². The van der Waals surface area contributed by atoms with E-state index in [1.54, 1.807) is 23.5 Å². The Morgan fingerprint density at radius 1 is 0.708 bits per heavy atom. The molecule has 0 aromatic carbocycles. The largest absolute Gasteiger partial charge is 0.390 e. The summed E-state index contributed by atoms with van der Waals surface area (Å²) in [6.45, 7) is 9.40. The fraction of sp³-hybridized carbons (Fsp3) is 1.00. The summed E-state index contributed by atoms with van der Waals surface area (Å²) in [6.07, 6.45) is -1.26. The molecule has 0 aromatic rings. The molecule has 0 bridgehead atoms. The molecule has 6 nitrogen and oxygen atoms in total. The van der Waals surface area contributed by atoms with Gasteiger partial charge in [0.2, 0.25) is 0 Å². The van der Waals surface area contributed by atoms with Crippen molar-refractivity contribution in [1.29, 1.82) is 0 Å². The molecular weight excluding hydrogens is 348 g/mol. The summed E-state index contributed by atoms with van der Waals surface area (Å²) in [6, 6.07) is 0. The van der Waals surface area contributed by atoms with Crippen molar-refractivity contribution in [3.63, 3.8) is 0 Å². The summed E-state index contributed by atoms with van der Waals surface area (Å²) >= 11 is 3.44. The molecular formula is C16H32N2O4S2. The molecule has 2 heterocycles. The topological polar surface area (TPSA) is 65.4 Å². The summed E-state index contributed by atoms with van der Waals surface area (Å²) in [5, 5.41) is 20.1. The number of thioether (sulfide) groups is 2. The molecule has 142 valence electrons. The molecule has 2 saturated heterocycles. The standard InChI is InChI=1S/C16H32N2O4S2/c19-15(13-23-11-5-17-1-7-21-8-2-17)16(20)14-24-12-6-18-3-9-22-10-4-18/h15-16,19-20H,1-14H2/t15-,16+. The maximum Gasteiger partial charge on any atom is 0.0897 e. The van der Waals surface area contributed by atoms with Gasteiger partial charge in [-0.2, -0.15) is 23.5 Å². The lowest BCUT2D eigenvalue weighted by atomic mass is 10.3. The van der Waals surface area contributed by atoms with Crippen molar-refractivity contribution in [2.24, 2.45) is 0 Å². The first kappa shape index (κ1) is 20.8. The van der Waals surface area contributed by atoms with Crippen LogP contribution in [0.3, 0.4) is 0 Å². The van der Waals surface area contributed by atoms with Crippen LogP contribution in [0.4, 0.5) is 0 Å². The second-order valence-electron chi connectivity index (χ2n) is 6.19. The SMILES string of the molecule is O[C@H](CSCCN1CCOCC1)[C@@H](O)CSCCN1CCOCC1. The molecule has 2 fully saturated rings. The molecule has 0 saturated carbocycles. The number of rotatable bonds is 11. The predicted molar refractivity (Wildman–Crippen MR) is 101 cm³/mol. The van der Waals surface area contributed by atoms with Gasteiger partial charge in [-0.05, 0) is 0 Å². The van der Waals surface area contributed by atoms with E-state index in [1.807, 2.05) is 0 Å². The summed E-state index contributed by atoms with van der Waals surface area (Å²) in [4.78, 5) is 4.78. The zero-order chi connectivity index (χ0) is 17.0. The van der Waals surface area contributed by atoms with Crippen molar-refractivity contribution in [3.05, 3.63) is 0 Å². The molecule has 24 heavy (non-hydrogen) atoms. The van der Waals surface area contributed by atoms with Crippen LogP contribution in [0.2, 0.25) is 0 Å².